The number of fused-ring (bicyclic) bond motifs is 1. The van der Waals surface area contributed by atoms with Crippen molar-refractivity contribution in [3.63, 3.8) is 0 Å². The van der Waals surface area contributed by atoms with Crippen LogP contribution in [0.5, 0.6) is 0 Å². The van der Waals surface area contributed by atoms with Gasteiger partial charge in [-0.25, -0.2) is 0 Å². The Hall–Kier alpha value is -3.29. The van der Waals surface area contributed by atoms with Gasteiger partial charge in [0.25, 0.3) is 5.91 Å². The minimum absolute atomic E-state index is 0.00802. The van der Waals surface area contributed by atoms with Gasteiger partial charge in [-0.2, -0.15) is 5.10 Å². The second-order valence-electron chi connectivity index (χ2n) is 9.48. The number of rotatable bonds is 3. The lowest BCUT2D eigenvalue weighted by Gasteiger charge is -2.22. The molecular formula is C23H26N6O2. The van der Waals surface area contributed by atoms with Crippen LogP contribution in [0.2, 0.25) is 0 Å². The van der Waals surface area contributed by atoms with Gasteiger partial charge in [0.1, 0.15) is 0 Å². The zero-order chi connectivity index (χ0) is 21.6. The Balaban J connectivity index is 1.22. The van der Waals surface area contributed by atoms with Crippen molar-refractivity contribution in [1.29, 1.82) is 0 Å². The number of anilines is 1. The summed E-state index contributed by atoms with van der Waals surface area (Å²) in [7, 11) is 0. The minimum atomic E-state index is -0.0748. The van der Waals surface area contributed by atoms with Crippen LogP contribution in [0, 0.1) is 11.8 Å². The van der Waals surface area contributed by atoms with Crippen LogP contribution in [0.25, 0.3) is 11.3 Å². The first kappa shape index (κ1) is 19.7. The molecule has 0 bridgehead atoms. The Bertz CT molecular complexity index is 1060. The van der Waals surface area contributed by atoms with E-state index >= 15 is 0 Å². The van der Waals surface area contributed by atoms with Crippen LogP contribution in [0.3, 0.4) is 0 Å². The molecule has 5 heterocycles. The van der Waals surface area contributed by atoms with Crippen molar-refractivity contribution in [3.8, 4) is 11.3 Å². The third-order valence-electron chi connectivity index (χ3n) is 6.19. The molecule has 2 atom stereocenters. The third kappa shape index (κ3) is 3.78. The van der Waals surface area contributed by atoms with E-state index in [-0.39, 0.29) is 11.3 Å². The molecule has 0 aromatic carbocycles. The van der Waals surface area contributed by atoms with E-state index in [9.17, 15) is 4.79 Å². The number of aromatic nitrogens is 4. The molecule has 0 aliphatic carbocycles. The minimum Gasteiger partial charge on any atom is -0.355 e. The fourth-order valence-corrected chi connectivity index (χ4v) is 4.42. The van der Waals surface area contributed by atoms with E-state index in [4.69, 9.17) is 4.52 Å². The van der Waals surface area contributed by atoms with Crippen LogP contribution < -0.4 is 4.90 Å². The van der Waals surface area contributed by atoms with Gasteiger partial charge in [0.2, 0.25) is 0 Å². The molecule has 3 aromatic heterocycles. The summed E-state index contributed by atoms with van der Waals surface area (Å²) in [5, 5.41) is 12.9. The van der Waals surface area contributed by atoms with Gasteiger partial charge in [-0.05, 0) is 24.3 Å². The summed E-state index contributed by atoms with van der Waals surface area (Å²) in [6.45, 7) is 9.63. The van der Waals surface area contributed by atoms with Crippen molar-refractivity contribution in [2.45, 2.75) is 26.2 Å². The summed E-state index contributed by atoms with van der Waals surface area (Å²) >= 11 is 0. The summed E-state index contributed by atoms with van der Waals surface area (Å²) in [5.74, 6) is 2.25. The first-order valence-electron chi connectivity index (χ1n) is 10.6. The molecule has 2 aliphatic heterocycles. The molecule has 2 unspecified atom stereocenters. The van der Waals surface area contributed by atoms with E-state index in [1.807, 2.05) is 17.0 Å². The highest BCUT2D eigenvalue weighted by atomic mass is 16.5. The lowest BCUT2D eigenvalue weighted by Crippen LogP contribution is -2.33. The van der Waals surface area contributed by atoms with Crippen molar-refractivity contribution in [1.82, 2.24) is 25.2 Å². The van der Waals surface area contributed by atoms with Crippen LogP contribution >= 0.6 is 0 Å². The van der Waals surface area contributed by atoms with Crippen LogP contribution in [0.1, 0.15) is 37.0 Å². The van der Waals surface area contributed by atoms with Crippen molar-refractivity contribution >= 4 is 11.7 Å². The molecule has 31 heavy (non-hydrogen) atoms. The predicted molar refractivity (Wildman–Crippen MR) is 116 cm³/mol. The van der Waals surface area contributed by atoms with Crippen molar-refractivity contribution < 1.29 is 9.32 Å². The lowest BCUT2D eigenvalue weighted by molar-refractivity contribution is 0.0772. The summed E-state index contributed by atoms with van der Waals surface area (Å²) in [4.78, 5) is 21.2. The average Bonchev–Trinajstić information content (AvgIpc) is 3.48. The SMILES string of the molecule is CC(C)(C)c1ccc(N2CC3CN(C(=O)c4cc(-c5cccnc5)on4)CC3C2)nn1. The first-order valence-corrected chi connectivity index (χ1v) is 10.6. The van der Waals surface area contributed by atoms with Crippen LogP contribution in [-0.2, 0) is 5.41 Å². The zero-order valence-electron chi connectivity index (χ0n) is 18.0. The molecule has 160 valence electrons. The van der Waals surface area contributed by atoms with E-state index in [1.165, 1.54) is 0 Å². The Morgan fingerprint density at radius 3 is 2.45 bits per heavy atom. The van der Waals surface area contributed by atoms with Gasteiger partial charge in [-0.3, -0.25) is 9.78 Å². The fourth-order valence-electron chi connectivity index (χ4n) is 4.42. The lowest BCUT2D eigenvalue weighted by atomic mass is 9.92. The van der Waals surface area contributed by atoms with Gasteiger partial charge in [0.15, 0.2) is 17.3 Å². The van der Waals surface area contributed by atoms with Gasteiger partial charge < -0.3 is 14.3 Å². The van der Waals surface area contributed by atoms with Crippen molar-refractivity contribution in [2.75, 3.05) is 31.1 Å². The topological polar surface area (TPSA) is 88.2 Å². The Kier molecular flexibility index (Phi) is 4.72. The highest BCUT2D eigenvalue weighted by Gasteiger charge is 2.42. The van der Waals surface area contributed by atoms with Gasteiger partial charge >= 0.3 is 0 Å². The van der Waals surface area contributed by atoms with E-state index in [2.05, 4.69) is 58.1 Å². The number of hydrogen-bond acceptors (Lipinski definition) is 7. The summed E-state index contributed by atoms with van der Waals surface area (Å²) in [5.41, 5.74) is 2.14. The quantitative estimate of drug-likeness (QED) is 0.646. The molecule has 8 nitrogen and oxygen atoms in total. The summed E-state index contributed by atoms with van der Waals surface area (Å²) in [6.07, 6.45) is 3.39. The molecule has 2 saturated heterocycles. The van der Waals surface area contributed by atoms with Gasteiger partial charge in [-0.15, -0.1) is 5.10 Å². The molecule has 2 aliphatic rings. The number of carbonyl (C=O) groups excluding carboxylic acids is 1. The van der Waals surface area contributed by atoms with E-state index in [0.29, 0.717) is 23.3 Å². The second kappa shape index (κ2) is 7.44. The summed E-state index contributed by atoms with van der Waals surface area (Å²) < 4.78 is 5.37. The number of amides is 1. The highest BCUT2D eigenvalue weighted by molar-refractivity contribution is 5.93. The van der Waals surface area contributed by atoms with Gasteiger partial charge in [0.05, 0.1) is 5.69 Å². The molecule has 0 N–H and O–H groups in total. The molecule has 8 heteroatoms. The molecule has 1 amide bonds. The van der Waals surface area contributed by atoms with Crippen LogP contribution in [-0.4, -0.2) is 57.3 Å². The maximum absolute atomic E-state index is 13.0. The van der Waals surface area contributed by atoms with Crippen molar-refractivity contribution in [2.24, 2.45) is 11.8 Å². The Morgan fingerprint density at radius 2 is 1.84 bits per heavy atom. The van der Waals surface area contributed by atoms with E-state index < -0.39 is 0 Å². The smallest absolute Gasteiger partial charge is 0.276 e. The summed E-state index contributed by atoms with van der Waals surface area (Å²) in [6, 6.07) is 9.54. The molecule has 3 aromatic rings. The zero-order valence-corrected chi connectivity index (χ0v) is 18.0. The second-order valence-corrected chi connectivity index (χ2v) is 9.48. The van der Waals surface area contributed by atoms with Crippen LogP contribution in [0.4, 0.5) is 5.82 Å². The maximum atomic E-state index is 13.0. The number of nitrogens with zero attached hydrogens (tertiary/aromatic N) is 6. The Labute approximate surface area is 181 Å². The molecule has 0 saturated carbocycles. The number of carbonyl (C=O) groups is 1. The monoisotopic (exact) mass is 418 g/mol. The average molecular weight is 419 g/mol. The van der Waals surface area contributed by atoms with Gasteiger partial charge in [0, 0.05) is 67.5 Å². The van der Waals surface area contributed by atoms with E-state index in [0.717, 1.165) is 43.3 Å². The predicted octanol–water partition coefficient (Wildman–Crippen LogP) is 3.03. The van der Waals surface area contributed by atoms with E-state index in [1.54, 1.807) is 18.5 Å². The highest BCUT2D eigenvalue weighted by Crippen LogP contribution is 2.34. The molecular weight excluding hydrogens is 392 g/mol. The largest absolute Gasteiger partial charge is 0.355 e. The fraction of sp³-hybridized carbons (Fsp3) is 0.435. The molecule has 2 fully saturated rings. The van der Waals surface area contributed by atoms with Crippen LogP contribution in [0.15, 0.2) is 47.2 Å². The molecule has 5 rings (SSSR count). The molecule has 0 spiro atoms. The standard InChI is InChI=1S/C23H26N6O2/c1-23(2,3)20-6-7-21(26-25-20)28-11-16-13-29(14-17(16)12-28)22(30)18-9-19(31-27-18)15-5-4-8-24-10-15/h4-10,16-17H,11-14H2,1-3H3. The van der Waals surface area contributed by atoms with Crippen molar-refractivity contribution in [3.05, 3.63) is 54.1 Å². The maximum Gasteiger partial charge on any atom is 0.276 e. The first-order chi connectivity index (χ1) is 14.9. The molecule has 0 radical (unpaired) electrons. The van der Waals surface area contributed by atoms with Gasteiger partial charge in [-0.1, -0.05) is 25.9 Å². The third-order valence-corrected chi connectivity index (χ3v) is 6.19. The number of likely N-dealkylation sites (tertiary alicyclic amines) is 1. The number of hydrogen-bond donors (Lipinski definition) is 0. The Morgan fingerprint density at radius 1 is 1.06 bits per heavy atom. The number of pyridine rings is 1. The normalized spacial score (nSPS) is 20.9.